The van der Waals surface area contributed by atoms with Gasteiger partial charge in [-0.05, 0) is 18.8 Å². The van der Waals surface area contributed by atoms with Gasteiger partial charge in [0.15, 0.2) is 0 Å². The van der Waals surface area contributed by atoms with Crippen molar-refractivity contribution in [2.24, 2.45) is 0 Å². The van der Waals surface area contributed by atoms with Crippen LogP contribution in [0.25, 0.3) is 0 Å². The second-order valence-corrected chi connectivity index (χ2v) is 5.43. The highest BCUT2D eigenvalue weighted by Gasteiger charge is 2.05. The molecule has 1 unspecified atom stereocenters. The van der Waals surface area contributed by atoms with E-state index in [0.717, 1.165) is 6.42 Å². The Labute approximate surface area is 160 Å². The van der Waals surface area contributed by atoms with Gasteiger partial charge in [0.25, 0.3) is 0 Å². The molecule has 0 spiro atoms. The number of aliphatic hydroxyl groups is 1. The number of carbonyl (C=O) groups excluding carboxylic acids is 2. The van der Waals surface area contributed by atoms with E-state index in [2.05, 4.69) is 23.8 Å². The van der Waals surface area contributed by atoms with Crippen molar-refractivity contribution in [3.05, 3.63) is 25.6 Å². The second-order valence-electron chi connectivity index (χ2n) is 5.43. The van der Waals surface area contributed by atoms with Crippen LogP contribution in [-0.4, -0.2) is 75.9 Å². The predicted octanol–water partition coefficient (Wildman–Crippen LogP) is 0.103. The fourth-order valence-electron chi connectivity index (χ4n) is 1.77. The van der Waals surface area contributed by atoms with E-state index in [-0.39, 0.29) is 38.1 Å². The van der Waals surface area contributed by atoms with E-state index in [9.17, 15) is 14.7 Å². The number of aliphatic hydroxyl groups excluding tert-OH is 1. The van der Waals surface area contributed by atoms with Crippen LogP contribution in [0.1, 0.15) is 19.3 Å². The summed E-state index contributed by atoms with van der Waals surface area (Å²) in [4.78, 5) is 22.2. The summed E-state index contributed by atoms with van der Waals surface area (Å²) in [6.07, 6.45) is 3.13. The largest absolute Gasteiger partial charge is 0.388 e. The van der Waals surface area contributed by atoms with Crippen LogP contribution in [0.4, 0.5) is 0 Å². The molecular formula is C18H32N2O7. The second kappa shape index (κ2) is 19.0. The monoisotopic (exact) mass is 388 g/mol. The molecule has 9 heteroatoms. The number of hydrogen-bond donors (Lipinski definition) is 3. The number of amides is 2. The summed E-state index contributed by atoms with van der Waals surface area (Å²) < 4.78 is 21.1. The number of rotatable bonds is 19. The third kappa shape index (κ3) is 18.8. The van der Waals surface area contributed by atoms with Crippen molar-refractivity contribution in [2.75, 3.05) is 52.9 Å². The first-order valence-corrected chi connectivity index (χ1v) is 8.89. The third-order valence-corrected chi connectivity index (χ3v) is 3.04. The highest BCUT2D eigenvalue weighted by Crippen LogP contribution is 1.92. The van der Waals surface area contributed by atoms with E-state index in [4.69, 9.17) is 18.9 Å². The molecule has 0 fully saturated rings. The van der Waals surface area contributed by atoms with Gasteiger partial charge < -0.3 is 34.7 Å². The quantitative estimate of drug-likeness (QED) is 0.269. The zero-order chi connectivity index (χ0) is 20.2. The Balaban J connectivity index is 3.27. The van der Waals surface area contributed by atoms with Crippen LogP contribution >= 0.6 is 0 Å². The minimum absolute atomic E-state index is 0.102. The summed E-state index contributed by atoms with van der Waals surface area (Å²) in [5.74, 6) is -0.305. The lowest BCUT2D eigenvalue weighted by molar-refractivity contribution is -0.122. The first-order chi connectivity index (χ1) is 13.1. The first kappa shape index (κ1) is 25.2. The van der Waals surface area contributed by atoms with Crippen molar-refractivity contribution in [1.82, 2.24) is 10.6 Å². The minimum Gasteiger partial charge on any atom is -0.388 e. The van der Waals surface area contributed by atoms with Crippen LogP contribution in [-0.2, 0) is 28.5 Å². The van der Waals surface area contributed by atoms with Gasteiger partial charge in [-0.3, -0.25) is 9.59 Å². The molecule has 0 aromatic rings. The summed E-state index contributed by atoms with van der Waals surface area (Å²) in [7, 11) is 0. The Hall–Kier alpha value is -1.78. The van der Waals surface area contributed by atoms with E-state index in [0.29, 0.717) is 39.5 Å². The predicted molar refractivity (Wildman–Crippen MR) is 99.8 cm³/mol. The molecular weight excluding hydrogens is 356 g/mol. The number of nitrogens with one attached hydrogen (secondary N) is 2. The molecule has 156 valence electrons. The Kier molecular flexibility index (Phi) is 17.7. The van der Waals surface area contributed by atoms with Crippen LogP contribution in [0, 0.1) is 0 Å². The summed E-state index contributed by atoms with van der Waals surface area (Å²) in [5, 5.41) is 14.6. The van der Waals surface area contributed by atoms with Gasteiger partial charge in [0.1, 0.15) is 6.10 Å². The van der Waals surface area contributed by atoms with Gasteiger partial charge >= 0.3 is 0 Å². The molecule has 9 nitrogen and oxygen atoms in total. The molecule has 1 atom stereocenters. The van der Waals surface area contributed by atoms with E-state index in [1.54, 1.807) is 0 Å². The fraction of sp³-hybridized carbons (Fsp3) is 0.667. The number of hydrogen-bond acceptors (Lipinski definition) is 7. The summed E-state index contributed by atoms with van der Waals surface area (Å²) in [6.45, 7) is 9.43. The van der Waals surface area contributed by atoms with Crippen molar-refractivity contribution in [2.45, 2.75) is 25.4 Å². The Morgan fingerprint density at radius 3 is 1.78 bits per heavy atom. The maximum absolute atomic E-state index is 11.1. The molecule has 0 aliphatic carbocycles. The molecule has 3 N–H and O–H groups in total. The molecule has 2 amide bonds. The molecule has 0 bridgehead atoms. The minimum atomic E-state index is -0.751. The average molecular weight is 388 g/mol. The van der Waals surface area contributed by atoms with E-state index >= 15 is 0 Å². The van der Waals surface area contributed by atoms with Crippen molar-refractivity contribution < 1.29 is 33.6 Å². The maximum Gasteiger partial charge on any atom is 0.226 e. The van der Waals surface area contributed by atoms with Crippen molar-refractivity contribution in [3.63, 3.8) is 0 Å². The normalized spacial score (nSPS) is 11.6. The summed E-state index contributed by atoms with van der Waals surface area (Å²) in [5.41, 5.74) is 0. The Bertz CT molecular complexity index is 419. The van der Waals surface area contributed by atoms with Gasteiger partial charge in [-0.2, -0.15) is 0 Å². The zero-order valence-corrected chi connectivity index (χ0v) is 15.8. The molecule has 0 saturated heterocycles. The molecule has 0 aliphatic rings. The maximum atomic E-state index is 11.1. The van der Waals surface area contributed by atoms with Gasteiger partial charge in [0, 0.05) is 13.2 Å². The Morgan fingerprint density at radius 1 is 0.778 bits per heavy atom. The van der Waals surface area contributed by atoms with Gasteiger partial charge in [0.05, 0.1) is 52.5 Å². The zero-order valence-electron chi connectivity index (χ0n) is 15.8. The standard InChI is InChI=1S/C18H32N2O7/c1-3-19-17(22)6-10-24-8-5-9-25-12-13-27-15-16(21)14-26-11-7-18(23)20-4-2/h3-4,16,21H,1-2,5-15H2,(H,19,22)(H,20,23). The summed E-state index contributed by atoms with van der Waals surface area (Å²) >= 11 is 0. The topological polar surface area (TPSA) is 115 Å². The van der Waals surface area contributed by atoms with Gasteiger partial charge in [0.2, 0.25) is 11.8 Å². The fourth-order valence-corrected chi connectivity index (χ4v) is 1.77. The van der Waals surface area contributed by atoms with E-state index in [1.165, 1.54) is 12.4 Å². The number of ether oxygens (including phenoxy) is 4. The Morgan fingerprint density at radius 2 is 1.22 bits per heavy atom. The molecule has 0 rings (SSSR count). The molecule has 0 saturated carbocycles. The van der Waals surface area contributed by atoms with Crippen molar-refractivity contribution in [3.8, 4) is 0 Å². The highest BCUT2D eigenvalue weighted by molar-refractivity contribution is 5.77. The van der Waals surface area contributed by atoms with Crippen LogP contribution in [0.3, 0.4) is 0 Å². The van der Waals surface area contributed by atoms with E-state index < -0.39 is 6.10 Å². The molecule has 0 aromatic carbocycles. The van der Waals surface area contributed by atoms with Gasteiger partial charge in [-0.15, -0.1) is 0 Å². The first-order valence-electron chi connectivity index (χ1n) is 8.89. The molecule has 0 radical (unpaired) electrons. The molecule has 0 heterocycles. The molecule has 27 heavy (non-hydrogen) atoms. The van der Waals surface area contributed by atoms with Crippen molar-refractivity contribution in [1.29, 1.82) is 0 Å². The van der Waals surface area contributed by atoms with Crippen LogP contribution in [0.5, 0.6) is 0 Å². The highest BCUT2D eigenvalue weighted by atomic mass is 16.5. The smallest absolute Gasteiger partial charge is 0.226 e. The lowest BCUT2D eigenvalue weighted by atomic mass is 10.4. The lowest BCUT2D eigenvalue weighted by Gasteiger charge is -2.12. The molecule has 0 aromatic heterocycles. The van der Waals surface area contributed by atoms with Crippen LogP contribution in [0.2, 0.25) is 0 Å². The lowest BCUT2D eigenvalue weighted by Crippen LogP contribution is -2.24. The van der Waals surface area contributed by atoms with Crippen LogP contribution in [0.15, 0.2) is 25.6 Å². The molecule has 0 aliphatic heterocycles. The third-order valence-electron chi connectivity index (χ3n) is 3.04. The van der Waals surface area contributed by atoms with Gasteiger partial charge in [-0.25, -0.2) is 0 Å². The van der Waals surface area contributed by atoms with Crippen molar-refractivity contribution >= 4 is 11.8 Å². The average Bonchev–Trinajstić information content (AvgIpc) is 2.63. The summed E-state index contributed by atoms with van der Waals surface area (Å²) in [6, 6.07) is 0. The van der Waals surface area contributed by atoms with Crippen LogP contribution < -0.4 is 10.6 Å². The van der Waals surface area contributed by atoms with E-state index in [1.807, 2.05) is 0 Å². The number of carbonyl (C=O) groups is 2. The SMILES string of the molecule is C=CNC(=O)CCOCCCOCCOCC(O)COCCC(=O)NC=C. The van der Waals surface area contributed by atoms with Gasteiger partial charge in [-0.1, -0.05) is 13.2 Å².